The van der Waals surface area contributed by atoms with E-state index < -0.39 is 0 Å². The van der Waals surface area contributed by atoms with E-state index in [1.54, 1.807) is 11.8 Å². The highest BCUT2D eigenvalue weighted by atomic mass is 32.2. The van der Waals surface area contributed by atoms with Crippen LogP contribution in [0.2, 0.25) is 0 Å². The third kappa shape index (κ3) is 3.14. The van der Waals surface area contributed by atoms with E-state index in [0.29, 0.717) is 5.82 Å². The van der Waals surface area contributed by atoms with Gasteiger partial charge in [0.1, 0.15) is 5.82 Å². The Balaban J connectivity index is 2.02. The fourth-order valence-electron chi connectivity index (χ4n) is 1.43. The SMILES string of the molecule is Cc1cc(SCc2ccc(N)nc2)ccc1N. The molecule has 0 spiro atoms. The summed E-state index contributed by atoms with van der Waals surface area (Å²) >= 11 is 1.77. The number of nitrogens with two attached hydrogens (primary N) is 2. The third-order valence-electron chi connectivity index (χ3n) is 2.49. The van der Waals surface area contributed by atoms with Crippen LogP contribution in [-0.2, 0) is 5.75 Å². The van der Waals surface area contributed by atoms with Crippen LogP contribution in [0.25, 0.3) is 0 Å². The van der Waals surface area contributed by atoms with Gasteiger partial charge in [0.2, 0.25) is 0 Å². The molecule has 1 heterocycles. The molecule has 88 valence electrons. The van der Waals surface area contributed by atoms with E-state index in [9.17, 15) is 0 Å². The van der Waals surface area contributed by atoms with E-state index in [0.717, 1.165) is 17.0 Å². The second-order valence-corrected chi connectivity index (χ2v) is 4.95. The minimum Gasteiger partial charge on any atom is -0.399 e. The minimum absolute atomic E-state index is 0.557. The second-order valence-electron chi connectivity index (χ2n) is 3.90. The molecule has 2 rings (SSSR count). The number of aryl methyl sites for hydroxylation is 1. The number of anilines is 2. The molecule has 3 nitrogen and oxygen atoms in total. The molecule has 0 radical (unpaired) electrons. The van der Waals surface area contributed by atoms with Crippen LogP contribution in [0.5, 0.6) is 0 Å². The first-order chi connectivity index (χ1) is 8.15. The van der Waals surface area contributed by atoms with E-state index in [4.69, 9.17) is 11.5 Å². The molecule has 0 aliphatic carbocycles. The van der Waals surface area contributed by atoms with E-state index in [1.807, 2.05) is 37.4 Å². The van der Waals surface area contributed by atoms with Crippen molar-refractivity contribution in [3.63, 3.8) is 0 Å². The largest absolute Gasteiger partial charge is 0.399 e. The third-order valence-corrected chi connectivity index (χ3v) is 3.56. The Morgan fingerprint density at radius 3 is 2.65 bits per heavy atom. The van der Waals surface area contributed by atoms with Gasteiger partial charge in [0.25, 0.3) is 0 Å². The molecule has 2 aromatic rings. The Hall–Kier alpha value is -1.68. The summed E-state index contributed by atoms with van der Waals surface area (Å²) in [5.74, 6) is 1.44. The highest BCUT2D eigenvalue weighted by Crippen LogP contribution is 2.25. The van der Waals surface area contributed by atoms with E-state index in [2.05, 4.69) is 11.1 Å². The lowest BCUT2D eigenvalue weighted by molar-refractivity contribution is 1.25. The van der Waals surface area contributed by atoms with Crippen LogP contribution in [0.15, 0.2) is 41.4 Å². The zero-order chi connectivity index (χ0) is 12.3. The molecular weight excluding hydrogens is 230 g/mol. The summed E-state index contributed by atoms with van der Waals surface area (Å²) in [7, 11) is 0. The van der Waals surface area contributed by atoms with Crippen LogP contribution in [-0.4, -0.2) is 4.98 Å². The van der Waals surface area contributed by atoms with Crippen molar-refractivity contribution in [2.24, 2.45) is 0 Å². The summed E-state index contributed by atoms with van der Waals surface area (Å²) in [6, 6.07) is 9.91. The average molecular weight is 245 g/mol. The first-order valence-electron chi connectivity index (χ1n) is 5.34. The Kier molecular flexibility index (Phi) is 3.54. The molecule has 0 saturated carbocycles. The molecule has 4 heteroatoms. The monoisotopic (exact) mass is 245 g/mol. The standard InChI is InChI=1S/C13H15N3S/c1-9-6-11(3-4-12(9)14)17-8-10-2-5-13(15)16-7-10/h2-7H,8,14H2,1H3,(H2,15,16). The number of nitrogen functional groups attached to an aromatic ring is 2. The molecular formula is C13H15N3S. The number of pyridine rings is 1. The maximum Gasteiger partial charge on any atom is 0.123 e. The van der Waals surface area contributed by atoms with Crippen molar-refractivity contribution < 1.29 is 0 Å². The number of hydrogen-bond acceptors (Lipinski definition) is 4. The molecule has 0 bridgehead atoms. The first-order valence-corrected chi connectivity index (χ1v) is 6.33. The van der Waals surface area contributed by atoms with Gasteiger partial charge in [0.15, 0.2) is 0 Å². The van der Waals surface area contributed by atoms with Crippen LogP contribution in [0.3, 0.4) is 0 Å². The number of rotatable bonds is 3. The quantitative estimate of drug-likeness (QED) is 0.644. The maximum absolute atomic E-state index is 5.78. The summed E-state index contributed by atoms with van der Waals surface area (Å²) in [5, 5.41) is 0. The molecule has 17 heavy (non-hydrogen) atoms. The smallest absolute Gasteiger partial charge is 0.123 e. The van der Waals surface area contributed by atoms with Gasteiger partial charge in [-0.05, 0) is 42.3 Å². The second kappa shape index (κ2) is 5.10. The lowest BCUT2D eigenvalue weighted by atomic mass is 10.2. The lowest BCUT2D eigenvalue weighted by Gasteiger charge is -2.05. The van der Waals surface area contributed by atoms with Crippen LogP contribution in [0, 0.1) is 6.92 Å². The van der Waals surface area contributed by atoms with Crippen molar-refractivity contribution in [3.8, 4) is 0 Å². The molecule has 0 aliphatic rings. The molecule has 0 atom stereocenters. The number of hydrogen-bond donors (Lipinski definition) is 2. The van der Waals surface area contributed by atoms with E-state index >= 15 is 0 Å². The van der Waals surface area contributed by atoms with Gasteiger partial charge < -0.3 is 11.5 Å². The van der Waals surface area contributed by atoms with Gasteiger partial charge >= 0.3 is 0 Å². The number of nitrogens with zero attached hydrogens (tertiary/aromatic N) is 1. The molecule has 1 aromatic carbocycles. The first kappa shape index (κ1) is 11.8. The lowest BCUT2D eigenvalue weighted by Crippen LogP contribution is -1.91. The van der Waals surface area contributed by atoms with Crippen molar-refractivity contribution >= 4 is 23.3 Å². The highest BCUT2D eigenvalue weighted by molar-refractivity contribution is 7.98. The van der Waals surface area contributed by atoms with Gasteiger partial charge in [-0.25, -0.2) is 4.98 Å². The van der Waals surface area contributed by atoms with Crippen LogP contribution in [0.4, 0.5) is 11.5 Å². The topological polar surface area (TPSA) is 64.9 Å². The van der Waals surface area contributed by atoms with Gasteiger partial charge in [-0.3, -0.25) is 0 Å². The zero-order valence-electron chi connectivity index (χ0n) is 9.68. The Labute approximate surface area is 105 Å². The van der Waals surface area contributed by atoms with Crippen LogP contribution < -0.4 is 11.5 Å². The predicted octanol–water partition coefficient (Wildman–Crippen LogP) is 2.85. The van der Waals surface area contributed by atoms with Crippen molar-refractivity contribution in [2.45, 2.75) is 17.6 Å². The van der Waals surface area contributed by atoms with Crippen molar-refractivity contribution in [1.29, 1.82) is 0 Å². The summed E-state index contributed by atoms with van der Waals surface area (Å²) in [6.45, 7) is 2.02. The number of benzene rings is 1. The Morgan fingerprint density at radius 1 is 1.18 bits per heavy atom. The fourth-order valence-corrected chi connectivity index (χ4v) is 2.35. The van der Waals surface area contributed by atoms with Gasteiger partial charge in [-0.15, -0.1) is 11.8 Å². The molecule has 0 saturated heterocycles. The minimum atomic E-state index is 0.557. The van der Waals surface area contributed by atoms with Gasteiger partial charge in [-0.2, -0.15) is 0 Å². The van der Waals surface area contributed by atoms with Gasteiger partial charge in [-0.1, -0.05) is 6.07 Å². The highest BCUT2D eigenvalue weighted by Gasteiger charge is 1.99. The van der Waals surface area contributed by atoms with Gasteiger partial charge in [0, 0.05) is 22.5 Å². The predicted molar refractivity (Wildman–Crippen MR) is 73.8 cm³/mol. The number of thioether (sulfide) groups is 1. The molecule has 0 unspecified atom stereocenters. The van der Waals surface area contributed by atoms with Crippen molar-refractivity contribution in [3.05, 3.63) is 47.7 Å². The van der Waals surface area contributed by atoms with E-state index in [-0.39, 0.29) is 0 Å². The summed E-state index contributed by atoms with van der Waals surface area (Å²) < 4.78 is 0. The summed E-state index contributed by atoms with van der Waals surface area (Å²) in [4.78, 5) is 5.28. The molecule has 1 aromatic heterocycles. The Morgan fingerprint density at radius 2 is 2.00 bits per heavy atom. The van der Waals surface area contributed by atoms with Crippen LogP contribution in [0.1, 0.15) is 11.1 Å². The van der Waals surface area contributed by atoms with Crippen molar-refractivity contribution in [1.82, 2.24) is 4.98 Å². The fraction of sp³-hybridized carbons (Fsp3) is 0.154. The van der Waals surface area contributed by atoms with Crippen LogP contribution >= 0.6 is 11.8 Å². The molecule has 0 fully saturated rings. The molecule has 4 N–H and O–H groups in total. The molecule has 0 aliphatic heterocycles. The maximum atomic E-state index is 5.78. The molecule has 0 amide bonds. The number of aromatic nitrogens is 1. The Bertz CT molecular complexity index is 509. The summed E-state index contributed by atoms with van der Waals surface area (Å²) in [6.07, 6.45) is 1.81. The summed E-state index contributed by atoms with van der Waals surface area (Å²) in [5.41, 5.74) is 14.4. The van der Waals surface area contributed by atoms with E-state index in [1.165, 1.54) is 10.5 Å². The normalized spacial score (nSPS) is 10.4. The van der Waals surface area contributed by atoms with Crippen molar-refractivity contribution in [2.75, 3.05) is 11.5 Å². The van der Waals surface area contributed by atoms with Gasteiger partial charge in [0.05, 0.1) is 0 Å². The zero-order valence-corrected chi connectivity index (χ0v) is 10.5. The average Bonchev–Trinajstić information content (AvgIpc) is 2.33.